The van der Waals surface area contributed by atoms with E-state index in [1.54, 1.807) is 0 Å². The molecule has 0 spiro atoms. The lowest BCUT2D eigenvalue weighted by atomic mass is 10.0. The monoisotopic (exact) mass is 253 g/mol. The number of benzene rings is 1. The first-order valence-corrected chi connectivity index (χ1v) is 6.47. The molecule has 1 aromatic carbocycles. The highest BCUT2D eigenvalue weighted by Crippen LogP contribution is 2.07. The molecule has 0 fully saturated rings. The molecule has 0 bridgehead atoms. The van der Waals surface area contributed by atoms with Crippen molar-refractivity contribution in [3.63, 3.8) is 0 Å². The molecule has 0 heterocycles. The maximum atomic E-state index is 11.8. The van der Waals surface area contributed by atoms with Crippen LogP contribution in [0.4, 0.5) is 0 Å². The molecule has 2 atom stereocenters. The summed E-state index contributed by atoms with van der Waals surface area (Å²) in [6.07, 6.45) is 0.432. The van der Waals surface area contributed by atoms with E-state index >= 15 is 0 Å². The van der Waals surface area contributed by atoms with Gasteiger partial charge in [0.1, 0.15) is 0 Å². The van der Waals surface area contributed by atoms with Crippen LogP contribution in [0.1, 0.15) is 25.0 Å². The van der Waals surface area contributed by atoms with Gasteiger partial charge >= 0.3 is 0 Å². The molecule has 1 aromatic rings. The summed E-state index contributed by atoms with van der Waals surface area (Å²) in [6.45, 7) is 6.05. The van der Waals surface area contributed by atoms with Gasteiger partial charge in [0.15, 0.2) is 0 Å². The van der Waals surface area contributed by atoms with Crippen LogP contribution >= 0.6 is 11.6 Å². The quantitative estimate of drug-likeness (QED) is 0.804. The molecule has 2 nitrogen and oxygen atoms in total. The van der Waals surface area contributed by atoms with Crippen LogP contribution in [0.15, 0.2) is 24.3 Å². The highest BCUT2D eigenvalue weighted by atomic mass is 35.5. The summed E-state index contributed by atoms with van der Waals surface area (Å²) in [6, 6.07) is 8.13. The summed E-state index contributed by atoms with van der Waals surface area (Å²) in [7, 11) is 0. The first-order chi connectivity index (χ1) is 8.02. The molecule has 3 heteroatoms. The van der Waals surface area contributed by atoms with Gasteiger partial charge in [-0.15, -0.1) is 11.6 Å². The molecule has 0 saturated carbocycles. The lowest BCUT2D eigenvalue weighted by Crippen LogP contribution is -2.38. The molecular weight excluding hydrogens is 234 g/mol. The zero-order valence-electron chi connectivity index (χ0n) is 10.7. The molecule has 0 aliphatic heterocycles. The normalized spacial score (nSPS) is 14.1. The van der Waals surface area contributed by atoms with Gasteiger partial charge in [0.2, 0.25) is 5.91 Å². The van der Waals surface area contributed by atoms with Gasteiger partial charge in [0.05, 0.1) is 6.42 Å². The van der Waals surface area contributed by atoms with Gasteiger partial charge < -0.3 is 5.32 Å². The number of amides is 1. The average molecular weight is 254 g/mol. The SMILES string of the molecule is Cc1cccc(CC(=O)NC(C)C(C)CCl)c1. The zero-order chi connectivity index (χ0) is 12.8. The molecule has 0 saturated heterocycles. The van der Waals surface area contributed by atoms with E-state index in [1.807, 2.05) is 45.0 Å². The van der Waals surface area contributed by atoms with E-state index in [0.717, 1.165) is 5.56 Å². The Bertz CT molecular complexity index is 378. The number of carbonyl (C=O) groups is 1. The summed E-state index contributed by atoms with van der Waals surface area (Å²) < 4.78 is 0. The second kappa shape index (κ2) is 6.65. The van der Waals surface area contributed by atoms with Gasteiger partial charge in [-0.3, -0.25) is 4.79 Å². The lowest BCUT2D eigenvalue weighted by Gasteiger charge is -2.19. The molecule has 0 aromatic heterocycles. The topological polar surface area (TPSA) is 29.1 Å². The van der Waals surface area contributed by atoms with E-state index in [2.05, 4.69) is 5.32 Å². The maximum Gasteiger partial charge on any atom is 0.224 e. The number of nitrogens with one attached hydrogen (secondary N) is 1. The van der Waals surface area contributed by atoms with Gasteiger partial charge in [-0.05, 0) is 25.3 Å². The summed E-state index contributed by atoms with van der Waals surface area (Å²) in [5.74, 6) is 0.907. The van der Waals surface area contributed by atoms with E-state index in [0.29, 0.717) is 12.3 Å². The molecule has 94 valence electrons. The van der Waals surface area contributed by atoms with E-state index in [9.17, 15) is 4.79 Å². The van der Waals surface area contributed by atoms with Crippen LogP contribution in [-0.2, 0) is 11.2 Å². The summed E-state index contributed by atoms with van der Waals surface area (Å²) in [4.78, 5) is 11.8. The molecule has 2 unspecified atom stereocenters. The van der Waals surface area contributed by atoms with Crippen molar-refractivity contribution >= 4 is 17.5 Å². The van der Waals surface area contributed by atoms with E-state index in [4.69, 9.17) is 11.6 Å². The van der Waals surface area contributed by atoms with Crippen molar-refractivity contribution in [2.45, 2.75) is 33.2 Å². The Morgan fingerprint density at radius 2 is 2.12 bits per heavy atom. The predicted octanol–water partition coefficient (Wildman–Crippen LogP) is 2.92. The molecular formula is C14H20ClNO. The van der Waals surface area contributed by atoms with Gasteiger partial charge in [-0.2, -0.15) is 0 Å². The van der Waals surface area contributed by atoms with Gasteiger partial charge in [-0.25, -0.2) is 0 Å². The van der Waals surface area contributed by atoms with Crippen LogP contribution in [0.5, 0.6) is 0 Å². The summed E-state index contributed by atoms with van der Waals surface area (Å²) in [5.41, 5.74) is 2.23. The Hall–Kier alpha value is -1.02. The molecule has 1 N–H and O–H groups in total. The highest BCUT2D eigenvalue weighted by molar-refractivity contribution is 6.18. The number of hydrogen-bond donors (Lipinski definition) is 1. The second-order valence-corrected chi connectivity index (χ2v) is 4.96. The Balaban J connectivity index is 2.50. The fourth-order valence-corrected chi connectivity index (χ4v) is 1.86. The number of carbonyl (C=O) groups excluding carboxylic acids is 1. The number of hydrogen-bond acceptors (Lipinski definition) is 1. The molecule has 0 aliphatic rings. The third kappa shape index (κ3) is 4.78. The Labute approximate surface area is 108 Å². The van der Waals surface area contributed by atoms with E-state index in [-0.39, 0.29) is 17.9 Å². The smallest absolute Gasteiger partial charge is 0.224 e. The van der Waals surface area contributed by atoms with Gasteiger partial charge in [-0.1, -0.05) is 36.8 Å². The van der Waals surface area contributed by atoms with E-state index < -0.39 is 0 Å². The third-order valence-corrected chi connectivity index (χ3v) is 3.42. The minimum atomic E-state index is 0.0556. The standard InChI is InChI=1S/C14H20ClNO/c1-10-5-4-6-13(7-10)8-14(17)16-12(3)11(2)9-15/h4-7,11-12H,8-9H2,1-3H3,(H,16,17). The molecule has 1 rings (SSSR count). The lowest BCUT2D eigenvalue weighted by molar-refractivity contribution is -0.121. The van der Waals surface area contributed by atoms with Gasteiger partial charge in [0, 0.05) is 11.9 Å². The largest absolute Gasteiger partial charge is 0.353 e. The highest BCUT2D eigenvalue weighted by Gasteiger charge is 2.13. The summed E-state index contributed by atoms with van der Waals surface area (Å²) >= 11 is 5.76. The Morgan fingerprint density at radius 1 is 1.41 bits per heavy atom. The van der Waals surface area contributed by atoms with Gasteiger partial charge in [0.25, 0.3) is 0 Å². The minimum absolute atomic E-state index is 0.0556. The van der Waals surface area contributed by atoms with Crippen LogP contribution in [0.3, 0.4) is 0 Å². The van der Waals surface area contributed by atoms with Crippen LogP contribution < -0.4 is 5.32 Å². The fourth-order valence-electron chi connectivity index (χ4n) is 1.59. The van der Waals surface area contributed by atoms with Crippen LogP contribution in [0.25, 0.3) is 0 Å². The number of rotatable bonds is 5. The van der Waals surface area contributed by atoms with Crippen LogP contribution in [-0.4, -0.2) is 17.8 Å². The van der Waals surface area contributed by atoms with Crippen molar-refractivity contribution in [1.82, 2.24) is 5.32 Å². The number of alkyl halides is 1. The predicted molar refractivity (Wildman–Crippen MR) is 72.4 cm³/mol. The fraction of sp³-hybridized carbons (Fsp3) is 0.500. The molecule has 17 heavy (non-hydrogen) atoms. The number of halogens is 1. The number of aryl methyl sites for hydroxylation is 1. The van der Waals surface area contributed by atoms with Crippen molar-refractivity contribution in [2.24, 2.45) is 5.92 Å². The first kappa shape index (κ1) is 14.0. The van der Waals surface area contributed by atoms with Crippen molar-refractivity contribution in [2.75, 3.05) is 5.88 Å². The van der Waals surface area contributed by atoms with Crippen molar-refractivity contribution < 1.29 is 4.79 Å². The minimum Gasteiger partial charge on any atom is -0.353 e. The van der Waals surface area contributed by atoms with Crippen LogP contribution in [0.2, 0.25) is 0 Å². The molecule has 1 amide bonds. The molecule has 0 radical (unpaired) electrons. The molecule has 0 aliphatic carbocycles. The maximum absolute atomic E-state index is 11.8. The Kier molecular flexibility index (Phi) is 5.49. The Morgan fingerprint density at radius 3 is 2.71 bits per heavy atom. The zero-order valence-corrected chi connectivity index (χ0v) is 11.4. The first-order valence-electron chi connectivity index (χ1n) is 5.93. The second-order valence-electron chi connectivity index (χ2n) is 4.65. The van der Waals surface area contributed by atoms with Crippen molar-refractivity contribution in [3.8, 4) is 0 Å². The third-order valence-electron chi connectivity index (χ3n) is 2.93. The van der Waals surface area contributed by atoms with E-state index in [1.165, 1.54) is 5.56 Å². The summed E-state index contributed by atoms with van der Waals surface area (Å²) in [5, 5.41) is 2.98. The van der Waals surface area contributed by atoms with Crippen LogP contribution in [0, 0.1) is 12.8 Å². The van der Waals surface area contributed by atoms with Crippen molar-refractivity contribution in [1.29, 1.82) is 0 Å². The van der Waals surface area contributed by atoms with Crippen molar-refractivity contribution in [3.05, 3.63) is 35.4 Å². The average Bonchev–Trinajstić information content (AvgIpc) is 2.27.